The largest absolute Gasteiger partial charge is 0.280 e. The molecule has 0 fully saturated rings. The Balaban J connectivity index is 1.79. The second-order valence-corrected chi connectivity index (χ2v) is 6.83. The summed E-state index contributed by atoms with van der Waals surface area (Å²) in [5.74, 6) is -1.86. The highest BCUT2D eigenvalue weighted by Crippen LogP contribution is 2.32. The van der Waals surface area contributed by atoms with Gasteiger partial charge in [-0.1, -0.05) is 17.4 Å². The number of rotatable bonds is 4. The fraction of sp³-hybridized carbons (Fsp3) is 0.111. The Morgan fingerprint density at radius 2 is 2.11 bits per heavy atom. The maximum atomic E-state index is 14.1. The van der Waals surface area contributed by atoms with Crippen LogP contribution in [0.2, 0.25) is 0 Å². The third-order valence-electron chi connectivity index (χ3n) is 3.86. The monoisotopic (exact) mass is 385 g/mol. The first kappa shape index (κ1) is 17.2. The number of hydrogen-bond acceptors (Lipinski definition) is 5. The van der Waals surface area contributed by atoms with Crippen molar-refractivity contribution in [3.63, 3.8) is 0 Å². The lowest BCUT2D eigenvalue weighted by atomic mass is 10.3. The number of carbonyl (C=O) groups is 1. The minimum atomic E-state index is -0.768. The average Bonchev–Trinajstić information content (AvgIpc) is 3.26. The van der Waals surface area contributed by atoms with Crippen molar-refractivity contribution < 1.29 is 13.6 Å². The van der Waals surface area contributed by atoms with E-state index in [1.807, 2.05) is 0 Å². The SMILES string of the molecule is Cn1ccc(C(=O)N(Cc2ccccn2)c2nc3c(F)cc(F)cc3s2)n1. The second kappa shape index (κ2) is 6.84. The summed E-state index contributed by atoms with van der Waals surface area (Å²) < 4.78 is 29.4. The molecule has 0 aliphatic carbocycles. The average molecular weight is 385 g/mol. The van der Waals surface area contributed by atoms with E-state index in [-0.39, 0.29) is 22.9 Å². The summed E-state index contributed by atoms with van der Waals surface area (Å²) in [6.07, 6.45) is 3.27. The van der Waals surface area contributed by atoms with Gasteiger partial charge in [-0.2, -0.15) is 5.10 Å². The van der Waals surface area contributed by atoms with Gasteiger partial charge in [0.1, 0.15) is 11.3 Å². The van der Waals surface area contributed by atoms with Gasteiger partial charge in [0, 0.05) is 25.5 Å². The second-order valence-electron chi connectivity index (χ2n) is 5.82. The molecule has 3 aromatic heterocycles. The van der Waals surface area contributed by atoms with E-state index in [4.69, 9.17) is 0 Å². The van der Waals surface area contributed by atoms with Crippen molar-refractivity contribution in [2.24, 2.45) is 7.05 Å². The van der Waals surface area contributed by atoms with E-state index in [2.05, 4.69) is 15.1 Å². The highest BCUT2D eigenvalue weighted by Gasteiger charge is 2.24. The Morgan fingerprint density at radius 1 is 1.26 bits per heavy atom. The van der Waals surface area contributed by atoms with Crippen LogP contribution in [0.4, 0.5) is 13.9 Å². The lowest BCUT2D eigenvalue weighted by molar-refractivity contribution is 0.0979. The number of anilines is 1. The zero-order chi connectivity index (χ0) is 19.0. The molecule has 9 heteroatoms. The molecule has 0 aliphatic heterocycles. The molecule has 6 nitrogen and oxygen atoms in total. The molecule has 0 unspecified atom stereocenters. The topological polar surface area (TPSA) is 63.9 Å². The number of halogens is 2. The van der Waals surface area contributed by atoms with Crippen LogP contribution < -0.4 is 4.90 Å². The van der Waals surface area contributed by atoms with E-state index in [1.165, 1.54) is 15.6 Å². The van der Waals surface area contributed by atoms with Gasteiger partial charge in [0.05, 0.1) is 16.9 Å². The molecule has 0 atom stereocenters. The van der Waals surface area contributed by atoms with Crippen molar-refractivity contribution in [2.75, 3.05) is 4.90 Å². The van der Waals surface area contributed by atoms with E-state index in [0.29, 0.717) is 10.4 Å². The molecule has 0 saturated carbocycles. The zero-order valence-electron chi connectivity index (χ0n) is 14.1. The summed E-state index contributed by atoms with van der Waals surface area (Å²) in [5.41, 5.74) is 0.878. The minimum Gasteiger partial charge on any atom is -0.276 e. The molecule has 0 bridgehead atoms. The van der Waals surface area contributed by atoms with Crippen molar-refractivity contribution in [2.45, 2.75) is 6.54 Å². The fourth-order valence-corrected chi connectivity index (χ4v) is 3.61. The first-order chi connectivity index (χ1) is 13.0. The van der Waals surface area contributed by atoms with Gasteiger partial charge in [0.25, 0.3) is 5.91 Å². The van der Waals surface area contributed by atoms with E-state index in [1.54, 1.807) is 43.7 Å². The highest BCUT2D eigenvalue weighted by atomic mass is 32.1. The molecular formula is C18H13F2N5OS. The predicted octanol–water partition coefficient (Wildman–Crippen LogP) is 3.55. The lowest BCUT2D eigenvalue weighted by Gasteiger charge is -2.18. The number of fused-ring (bicyclic) bond motifs is 1. The minimum absolute atomic E-state index is 0.0243. The van der Waals surface area contributed by atoms with E-state index in [9.17, 15) is 13.6 Å². The number of carbonyl (C=O) groups excluding carboxylic acids is 1. The summed E-state index contributed by atoms with van der Waals surface area (Å²) in [6.45, 7) is 0.125. The van der Waals surface area contributed by atoms with Crippen LogP contribution in [-0.4, -0.2) is 25.7 Å². The maximum absolute atomic E-state index is 14.1. The predicted molar refractivity (Wildman–Crippen MR) is 97.5 cm³/mol. The van der Waals surface area contributed by atoms with Crippen LogP contribution in [0.1, 0.15) is 16.2 Å². The lowest BCUT2D eigenvalue weighted by Crippen LogP contribution is -2.31. The highest BCUT2D eigenvalue weighted by molar-refractivity contribution is 7.22. The summed E-state index contributed by atoms with van der Waals surface area (Å²) >= 11 is 1.03. The quantitative estimate of drug-likeness (QED) is 0.539. The third-order valence-corrected chi connectivity index (χ3v) is 4.88. The van der Waals surface area contributed by atoms with Gasteiger partial charge in [-0.15, -0.1) is 0 Å². The first-order valence-corrected chi connectivity index (χ1v) is 8.80. The molecule has 0 aliphatic rings. The number of aromatic nitrogens is 4. The number of nitrogens with zero attached hydrogens (tertiary/aromatic N) is 5. The summed E-state index contributed by atoms with van der Waals surface area (Å²) in [4.78, 5) is 22.8. The summed E-state index contributed by atoms with van der Waals surface area (Å²) in [7, 11) is 1.70. The smallest absolute Gasteiger partial charge is 0.276 e. The maximum Gasteiger partial charge on any atom is 0.280 e. The molecule has 136 valence electrons. The van der Waals surface area contributed by atoms with Gasteiger partial charge < -0.3 is 0 Å². The molecule has 27 heavy (non-hydrogen) atoms. The Kier molecular flexibility index (Phi) is 4.36. The van der Waals surface area contributed by atoms with Crippen LogP contribution in [0.15, 0.2) is 48.8 Å². The molecule has 4 aromatic rings. The standard InChI is InChI=1S/C18H13F2N5OS/c1-24-7-5-14(23-24)17(26)25(10-12-4-2-3-6-21-12)18-22-16-13(20)8-11(19)9-15(16)27-18/h2-9H,10H2,1H3. The van der Waals surface area contributed by atoms with Crippen molar-refractivity contribution in [3.8, 4) is 0 Å². The van der Waals surface area contributed by atoms with E-state index < -0.39 is 17.5 Å². The number of hydrogen-bond donors (Lipinski definition) is 0. The summed E-state index contributed by atoms with van der Waals surface area (Å²) in [5, 5.41) is 4.38. The van der Waals surface area contributed by atoms with Gasteiger partial charge in [0.2, 0.25) is 0 Å². The Bertz CT molecular complexity index is 1130. The van der Waals surface area contributed by atoms with Gasteiger partial charge >= 0.3 is 0 Å². The summed E-state index contributed by atoms with van der Waals surface area (Å²) in [6, 6.07) is 8.90. The number of thiazole rings is 1. The Hall–Kier alpha value is -3.20. The van der Waals surface area contributed by atoms with Crippen molar-refractivity contribution >= 4 is 32.6 Å². The van der Waals surface area contributed by atoms with E-state index in [0.717, 1.165) is 17.4 Å². The van der Waals surface area contributed by atoms with Crippen molar-refractivity contribution in [1.82, 2.24) is 19.7 Å². The third kappa shape index (κ3) is 3.41. The van der Waals surface area contributed by atoms with Gasteiger partial charge in [-0.05, 0) is 24.3 Å². The number of benzene rings is 1. The Morgan fingerprint density at radius 3 is 2.81 bits per heavy atom. The molecule has 1 aromatic carbocycles. The van der Waals surface area contributed by atoms with Gasteiger partial charge in [-0.25, -0.2) is 13.8 Å². The molecule has 4 rings (SSSR count). The molecule has 1 amide bonds. The molecule has 0 radical (unpaired) electrons. The van der Waals surface area contributed by atoms with Crippen LogP contribution in [0, 0.1) is 11.6 Å². The van der Waals surface area contributed by atoms with Crippen molar-refractivity contribution in [1.29, 1.82) is 0 Å². The van der Waals surface area contributed by atoms with Crippen molar-refractivity contribution in [3.05, 3.63) is 71.8 Å². The van der Waals surface area contributed by atoms with Crippen LogP contribution in [0.5, 0.6) is 0 Å². The van der Waals surface area contributed by atoms with Crippen LogP contribution in [-0.2, 0) is 13.6 Å². The van der Waals surface area contributed by atoms with Crippen LogP contribution in [0.25, 0.3) is 10.2 Å². The first-order valence-electron chi connectivity index (χ1n) is 7.98. The van der Waals surface area contributed by atoms with Gasteiger partial charge in [-0.3, -0.25) is 19.4 Å². The normalized spacial score (nSPS) is 11.1. The molecule has 0 saturated heterocycles. The van der Waals surface area contributed by atoms with Crippen LogP contribution >= 0.6 is 11.3 Å². The van der Waals surface area contributed by atoms with E-state index >= 15 is 0 Å². The number of pyridine rings is 1. The zero-order valence-corrected chi connectivity index (χ0v) is 15.0. The molecule has 3 heterocycles. The number of aryl methyl sites for hydroxylation is 1. The molecule has 0 spiro atoms. The van der Waals surface area contributed by atoms with Crippen LogP contribution in [0.3, 0.4) is 0 Å². The molecule has 0 N–H and O–H groups in total. The van der Waals surface area contributed by atoms with Gasteiger partial charge in [0.15, 0.2) is 16.6 Å². The fourth-order valence-electron chi connectivity index (χ4n) is 2.61. The molecular weight excluding hydrogens is 372 g/mol. The Labute approximate surface area is 156 Å². The number of amides is 1.